The van der Waals surface area contributed by atoms with Crippen LogP contribution in [-0.4, -0.2) is 22.5 Å². The average molecular weight is 349 g/mol. The van der Waals surface area contributed by atoms with Gasteiger partial charge in [-0.15, -0.1) is 0 Å². The molecule has 7 nitrogen and oxygen atoms in total. The lowest BCUT2D eigenvalue weighted by Crippen LogP contribution is -2.29. The number of hydrogen-bond donors (Lipinski definition) is 1. The lowest BCUT2D eigenvalue weighted by Gasteiger charge is -2.08. The fraction of sp³-hybridized carbons (Fsp3) is 0.105. The third kappa shape index (κ3) is 3.27. The molecule has 3 aromatic rings. The van der Waals surface area contributed by atoms with Crippen LogP contribution < -0.4 is 20.3 Å². The Kier molecular flexibility index (Phi) is 4.10. The topological polar surface area (TPSA) is 82.5 Å². The van der Waals surface area contributed by atoms with Crippen LogP contribution in [0.2, 0.25) is 0 Å². The first-order chi connectivity index (χ1) is 12.7. The van der Waals surface area contributed by atoms with Crippen LogP contribution in [0.5, 0.6) is 11.5 Å². The maximum Gasteiger partial charge on any atom is 0.267 e. The van der Waals surface area contributed by atoms with Gasteiger partial charge in [-0.3, -0.25) is 9.59 Å². The second kappa shape index (κ2) is 6.72. The van der Waals surface area contributed by atoms with Crippen LogP contribution in [0.15, 0.2) is 65.5 Å². The molecule has 7 heteroatoms. The molecule has 0 saturated carbocycles. The van der Waals surface area contributed by atoms with Crippen molar-refractivity contribution in [2.75, 3.05) is 12.1 Å². The Bertz CT molecular complexity index is 1010. The molecule has 0 radical (unpaired) electrons. The smallest absolute Gasteiger partial charge is 0.267 e. The Morgan fingerprint density at radius 1 is 1.04 bits per heavy atom. The summed E-state index contributed by atoms with van der Waals surface area (Å²) in [7, 11) is 0. The molecule has 4 rings (SSSR count). The van der Waals surface area contributed by atoms with Crippen molar-refractivity contribution in [1.29, 1.82) is 0 Å². The van der Waals surface area contributed by atoms with E-state index in [1.54, 1.807) is 30.3 Å². The van der Waals surface area contributed by atoms with Crippen LogP contribution in [-0.2, 0) is 11.3 Å². The van der Waals surface area contributed by atoms with Crippen molar-refractivity contribution >= 4 is 11.6 Å². The Labute approximate surface area is 148 Å². The van der Waals surface area contributed by atoms with E-state index in [0.717, 1.165) is 10.2 Å². The molecule has 1 aliphatic heterocycles. The van der Waals surface area contributed by atoms with Gasteiger partial charge < -0.3 is 14.8 Å². The van der Waals surface area contributed by atoms with Crippen LogP contribution in [0.4, 0.5) is 5.69 Å². The summed E-state index contributed by atoms with van der Waals surface area (Å²) in [6.45, 7) is 0.0114. The van der Waals surface area contributed by atoms with Gasteiger partial charge in [0.1, 0.15) is 6.54 Å². The number of carbonyl (C=O) groups is 1. The number of fused-ring (bicyclic) bond motifs is 1. The summed E-state index contributed by atoms with van der Waals surface area (Å²) in [5, 5.41) is 7.03. The van der Waals surface area contributed by atoms with E-state index in [-0.39, 0.29) is 24.8 Å². The minimum atomic E-state index is -0.349. The molecule has 0 fully saturated rings. The van der Waals surface area contributed by atoms with Crippen LogP contribution in [0.1, 0.15) is 0 Å². The largest absolute Gasteiger partial charge is 0.454 e. The average Bonchev–Trinajstić information content (AvgIpc) is 3.12. The number of hydrogen-bond acceptors (Lipinski definition) is 5. The molecule has 1 aromatic heterocycles. The number of rotatable bonds is 4. The number of ether oxygens (including phenoxy) is 2. The third-order valence-corrected chi connectivity index (χ3v) is 3.89. The molecule has 0 atom stereocenters. The Morgan fingerprint density at radius 2 is 1.85 bits per heavy atom. The number of para-hydroxylation sites is 1. The maximum atomic E-state index is 12.2. The third-order valence-electron chi connectivity index (χ3n) is 3.89. The number of benzene rings is 2. The minimum Gasteiger partial charge on any atom is -0.454 e. The molecule has 26 heavy (non-hydrogen) atoms. The van der Waals surface area contributed by atoms with Crippen molar-refractivity contribution in [3.8, 4) is 22.8 Å². The van der Waals surface area contributed by atoms with Crippen molar-refractivity contribution in [2.45, 2.75) is 6.54 Å². The molecule has 1 N–H and O–H groups in total. The summed E-state index contributed by atoms with van der Waals surface area (Å²) in [5.74, 6) is 0.974. The molecule has 0 unspecified atom stereocenters. The van der Waals surface area contributed by atoms with Crippen molar-refractivity contribution in [3.05, 3.63) is 71.0 Å². The van der Waals surface area contributed by atoms with Gasteiger partial charge in [0.2, 0.25) is 12.7 Å². The molecule has 0 saturated heterocycles. The molecule has 0 aliphatic carbocycles. The summed E-state index contributed by atoms with van der Waals surface area (Å²) in [4.78, 5) is 24.2. The van der Waals surface area contributed by atoms with Gasteiger partial charge in [-0.1, -0.05) is 18.2 Å². The first-order valence-corrected chi connectivity index (χ1v) is 8.02. The van der Waals surface area contributed by atoms with Crippen LogP contribution in [0.3, 0.4) is 0 Å². The number of amides is 1. The van der Waals surface area contributed by atoms with Gasteiger partial charge in [-0.2, -0.15) is 5.10 Å². The molecule has 0 spiro atoms. The van der Waals surface area contributed by atoms with Crippen LogP contribution in [0.25, 0.3) is 11.3 Å². The highest BCUT2D eigenvalue weighted by molar-refractivity contribution is 5.90. The van der Waals surface area contributed by atoms with Gasteiger partial charge in [0, 0.05) is 17.3 Å². The number of nitrogens with zero attached hydrogens (tertiary/aromatic N) is 2. The lowest BCUT2D eigenvalue weighted by molar-refractivity contribution is -0.117. The van der Waals surface area contributed by atoms with Crippen molar-refractivity contribution < 1.29 is 14.3 Å². The zero-order valence-electron chi connectivity index (χ0n) is 13.7. The summed E-state index contributed by atoms with van der Waals surface area (Å²) in [6, 6.07) is 17.5. The lowest BCUT2D eigenvalue weighted by atomic mass is 10.1. The van der Waals surface area contributed by atoms with Gasteiger partial charge in [-0.25, -0.2) is 4.68 Å². The maximum absolute atomic E-state index is 12.2. The standard InChI is InChI=1S/C19H15N3O4/c23-18(20-14-4-2-1-3-5-14)11-22-19(24)9-7-15(21-22)13-6-8-16-17(10-13)26-12-25-16/h1-10H,11-12H2,(H,20,23). The van der Waals surface area contributed by atoms with Crippen molar-refractivity contribution in [3.63, 3.8) is 0 Å². The van der Waals surface area contributed by atoms with E-state index in [4.69, 9.17) is 9.47 Å². The molecule has 1 aliphatic rings. The van der Waals surface area contributed by atoms with Crippen LogP contribution >= 0.6 is 0 Å². The monoisotopic (exact) mass is 349 g/mol. The highest BCUT2D eigenvalue weighted by Gasteiger charge is 2.15. The first kappa shape index (κ1) is 15.9. The summed E-state index contributed by atoms with van der Waals surface area (Å²) in [5.41, 5.74) is 1.65. The van der Waals surface area contributed by atoms with E-state index >= 15 is 0 Å². The Balaban J connectivity index is 1.56. The van der Waals surface area contributed by atoms with Gasteiger partial charge in [-0.05, 0) is 36.4 Å². The highest BCUT2D eigenvalue weighted by atomic mass is 16.7. The predicted molar refractivity (Wildman–Crippen MR) is 95.1 cm³/mol. The fourth-order valence-corrected chi connectivity index (χ4v) is 2.63. The zero-order valence-corrected chi connectivity index (χ0v) is 13.7. The second-order valence-electron chi connectivity index (χ2n) is 5.70. The van der Waals surface area contributed by atoms with Crippen molar-refractivity contribution in [2.24, 2.45) is 0 Å². The van der Waals surface area contributed by atoms with E-state index in [9.17, 15) is 9.59 Å². The Morgan fingerprint density at radius 3 is 2.69 bits per heavy atom. The van der Waals surface area contributed by atoms with E-state index in [1.807, 2.05) is 24.3 Å². The number of aromatic nitrogens is 2. The predicted octanol–water partition coefficient (Wildman–Crippen LogP) is 2.28. The van der Waals surface area contributed by atoms with Gasteiger partial charge in [0.05, 0.1) is 5.69 Å². The van der Waals surface area contributed by atoms with E-state index in [2.05, 4.69) is 10.4 Å². The van der Waals surface area contributed by atoms with E-state index < -0.39 is 0 Å². The quantitative estimate of drug-likeness (QED) is 0.781. The summed E-state index contributed by atoms with van der Waals surface area (Å²) < 4.78 is 11.8. The van der Waals surface area contributed by atoms with E-state index in [1.165, 1.54) is 6.07 Å². The second-order valence-corrected chi connectivity index (χ2v) is 5.70. The molecule has 0 bridgehead atoms. The summed E-state index contributed by atoms with van der Waals surface area (Å²) in [6.07, 6.45) is 0. The van der Waals surface area contributed by atoms with Crippen LogP contribution in [0, 0.1) is 0 Å². The zero-order chi connectivity index (χ0) is 17.9. The Hall–Kier alpha value is -3.61. The van der Waals surface area contributed by atoms with Gasteiger partial charge >= 0.3 is 0 Å². The molecule has 2 heterocycles. The molecular formula is C19H15N3O4. The minimum absolute atomic E-state index is 0.174. The molecule has 130 valence electrons. The highest BCUT2D eigenvalue weighted by Crippen LogP contribution is 2.35. The molecule has 2 aromatic carbocycles. The number of nitrogens with one attached hydrogen (secondary N) is 1. The van der Waals surface area contributed by atoms with Crippen molar-refractivity contribution in [1.82, 2.24) is 9.78 Å². The van der Waals surface area contributed by atoms with Gasteiger partial charge in [0.25, 0.3) is 5.56 Å². The number of carbonyl (C=O) groups excluding carboxylic acids is 1. The fourth-order valence-electron chi connectivity index (χ4n) is 2.63. The normalized spacial score (nSPS) is 12.0. The van der Waals surface area contributed by atoms with Gasteiger partial charge in [0.15, 0.2) is 11.5 Å². The molecule has 1 amide bonds. The SMILES string of the molecule is O=C(Cn1nc(-c2ccc3c(c2)OCO3)ccc1=O)Nc1ccccc1. The summed E-state index contributed by atoms with van der Waals surface area (Å²) >= 11 is 0. The number of anilines is 1. The van der Waals surface area contributed by atoms with E-state index in [0.29, 0.717) is 22.9 Å². The molecular weight excluding hydrogens is 334 g/mol. The first-order valence-electron chi connectivity index (χ1n) is 8.02.